The number of aliphatic hydroxyl groups is 1. The second kappa shape index (κ2) is 8.37. The number of hydrogen-bond donors (Lipinski definition) is 2. The van der Waals surface area contributed by atoms with Crippen LogP contribution in [-0.2, 0) is 4.74 Å². The summed E-state index contributed by atoms with van der Waals surface area (Å²) in [4.78, 5) is 0. The molecule has 4 heteroatoms. The molecule has 1 saturated heterocycles. The number of aliphatic hydroxyl groups excluding tert-OH is 1. The summed E-state index contributed by atoms with van der Waals surface area (Å²) in [6.07, 6.45) is 1.93. The van der Waals surface area contributed by atoms with Gasteiger partial charge in [0, 0.05) is 19.8 Å². The first kappa shape index (κ1) is 16.3. The molecule has 1 aliphatic rings. The Morgan fingerprint density at radius 3 is 2.52 bits per heavy atom. The Balaban J connectivity index is 1.73. The topological polar surface area (TPSA) is 50.7 Å². The maximum atomic E-state index is 10.2. The van der Waals surface area contributed by atoms with Crippen molar-refractivity contribution in [2.24, 2.45) is 5.92 Å². The Morgan fingerprint density at radius 1 is 1.24 bits per heavy atom. The Kier molecular flexibility index (Phi) is 6.49. The summed E-state index contributed by atoms with van der Waals surface area (Å²) in [5.74, 6) is 1.52. The number of hydrogen-bond acceptors (Lipinski definition) is 4. The molecule has 118 valence electrons. The summed E-state index contributed by atoms with van der Waals surface area (Å²) in [7, 11) is 0. The van der Waals surface area contributed by atoms with Gasteiger partial charge in [0.2, 0.25) is 0 Å². The summed E-state index contributed by atoms with van der Waals surface area (Å²) in [6, 6.07) is 7.69. The Bertz CT molecular complexity index is 399. The summed E-state index contributed by atoms with van der Waals surface area (Å²) in [5, 5.41) is 13.6. The molecule has 0 aromatic heterocycles. The van der Waals surface area contributed by atoms with Crippen molar-refractivity contribution < 1.29 is 14.6 Å². The average molecular weight is 293 g/mol. The zero-order valence-corrected chi connectivity index (χ0v) is 13.0. The molecule has 2 rings (SSSR count). The van der Waals surface area contributed by atoms with Gasteiger partial charge in [0.15, 0.2) is 0 Å². The zero-order chi connectivity index (χ0) is 15.1. The van der Waals surface area contributed by atoms with Gasteiger partial charge < -0.3 is 19.9 Å². The van der Waals surface area contributed by atoms with Gasteiger partial charge in [-0.1, -0.05) is 12.1 Å². The third kappa shape index (κ3) is 5.65. The molecule has 1 heterocycles. The van der Waals surface area contributed by atoms with Crippen molar-refractivity contribution in [3.05, 3.63) is 29.8 Å². The molecule has 1 aliphatic heterocycles. The summed E-state index contributed by atoms with van der Waals surface area (Å²) >= 11 is 0. The number of benzene rings is 1. The maximum Gasteiger partial charge on any atom is 0.119 e. The predicted molar refractivity (Wildman–Crippen MR) is 83.6 cm³/mol. The largest absolute Gasteiger partial charge is 0.491 e. The van der Waals surface area contributed by atoms with Crippen LogP contribution >= 0.6 is 0 Å². The van der Waals surface area contributed by atoms with Crippen LogP contribution in [0.15, 0.2) is 24.3 Å². The summed E-state index contributed by atoms with van der Waals surface area (Å²) < 4.78 is 10.9. The van der Waals surface area contributed by atoms with Gasteiger partial charge in [-0.2, -0.15) is 0 Å². The van der Waals surface area contributed by atoms with Crippen LogP contribution in [0.2, 0.25) is 0 Å². The third-order valence-electron chi connectivity index (χ3n) is 3.75. The first-order valence-electron chi connectivity index (χ1n) is 7.88. The second-order valence-corrected chi connectivity index (χ2v) is 5.97. The van der Waals surface area contributed by atoms with E-state index in [1.807, 2.05) is 38.1 Å². The van der Waals surface area contributed by atoms with E-state index in [2.05, 4.69) is 5.32 Å². The minimum atomic E-state index is -0.474. The molecule has 1 unspecified atom stereocenters. The highest BCUT2D eigenvalue weighted by Gasteiger charge is 2.14. The lowest BCUT2D eigenvalue weighted by Crippen LogP contribution is -2.30. The Labute approximate surface area is 127 Å². The standard InChI is InChI=1S/C17H27NO3/c1-13(2)21-16-5-3-15(4-6-16)17(19)12-18-11-14-7-9-20-10-8-14/h3-6,13-14,17-19H,7-12H2,1-2H3. The normalized spacial score (nSPS) is 17.9. The molecule has 21 heavy (non-hydrogen) atoms. The van der Waals surface area contributed by atoms with Crippen molar-refractivity contribution >= 4 is 0 Å². The molecule has 1 fully saturated rings. The second-order valence-electron chi connectivity index (χ2n) is 5.97. The van der Waals surface area contributed by atoms with Gasteiger partial charge in [-0.15, -0.1) is 0 Å². The average Bonchev–Trinajstić information content (AvgIpc) is 2.48. The van der Waals surface area contributed by atoms with Crippen molar-refractivity contribution in [1.82, 2.24) is 5.32 Å². The maximum absolute atomic E-state index is 10.2. The first-order valence-corrected chi connectivity index (χ1v) is 7.88. The van der Waals surface area contributed by atoms with E-state index in [-0.39, 0.29) is 6.10 Å². The molecule has 4 nitrogen and oxygen atoms in total. The van der Waals surface area contributed by atoms with Crippen LogP contribution in [0, 0.1) is 5.92 Å². The monoisotopic (exact) mass is 293 g/mol. The highest BCUT2D eigenvalue weighted by atomic mass is 16.5. The molecule has 0 spiro atoms. The predicted octanol–water partition coefficient (Wildman–Crippen LogP) is 2.52. The van der Waals surface area contributed by atoms with Gasteiger partial charge in [0.05, 0.1) is 12.2 Å². The van der Waals surface area contributed by atoms with Crippen LogP contribution in [0.25, 0.3) is 0 Å². The van der Waals surface area contributed by atoms with E-state index in [9.17, 15) is 5.11 Å². The van der Waals surface area contributed by atoms with Gasteiger partial charge in [0.1, 0.15) is 5.75 Å². The van der Waals surface area contributed by atoms with Crippen LogP contribution in [0.4, 0.5) is 0 Å². The molecule has 1 atom stereocenters. The molecule has 2 N–H and O–H groups in total. The minimum Gasteiger partial charge on any atom is -0.491 e. The SMILES string of the molecule is CC(C)Oc1ccc(C(O)CNCC2CCOCC2)cc1. The number of ether oxygens (including phenoxy) is 2. The van der Waals surface area contributed by atoms with Gasteiger partial charge >= 0.3 is 0 Å². The lowest BCUT2D eigenvalue weighted by molar-refractivity contribution is 0.0649. The quantitative estimate of drug-likeness (QED) is 0.811. The van der Waals surface area contributed by atoms with Crippen molar-refractivity contribution in [3.63, 3.8) is 0 Å². The van der Waals surface area contributed by atoms with Gasteiger partial charge in [-0.25, -0.2) is 0 Å². The van der Waals surface area contributed by atoms with Crippen molar-refractivity contribution in [2.45, 2.75) is 38.9 Å². The van der Waals surface area contributed by atoms with Crippen LogP contribution in [0.3, 0.4) is 0 Å². The summed E-state index contributed by atoms with van der Waals surface area (Å²) in [5.41, 5.74) is 0.922. The molecule has 0 aliphatic carbocycles. The van der Waals surface area contributed by atoms with Crippen molar-refractivity contribution in [3.8, 4) is 5.75 Å². The van der Waals surface area contributed by atoms with Crippen LogP contribution in [0.5, 0.6) is 5.75 Å². The van der Waals surface area contributed by atoms with Gasteiger partial charge in [-0.3, -0.25) is 0 Å². The number of nitrogens with one attached hydrogen (secondary N) is 1. The molecule has 0 amide bonds. The third-order valence-corrected chi connectivity index (χ3v) is 3.75. The molecule has 0 bridgehead atoms. The lowest BCUT2D eigenvalue weighted by Gasteiger charge is -2.23. The van der Waals surface area contributed by atoms with Crippen molar-refractivity contribution in [1.29, 1.82) is 0 Å². The fourth-order valence-electron chi connectivity index (χ4n) is 2.53. The molecule has 1 aromatic carbocycles. The minimum absolute atomic E-state index is 0.168. The fourth-order valence-corrected chi connectivity index (χ4v) is 2.53. The summed E-state index contributed by atoms with van der Waals surface area (Å²) in [6.45, 7) is 7.28. The molecular formula is C17H27NO3. The van der Waals surface area contributed by atoms with Crippen LogP contribution < -0.4 is 10.1 Å². The zero-order valence-electron chi connectivity index (χ0n) is 13.0. The van der Waals surface area contributed by atoms with Gasteiger partial charge in [0.25, 0.3) is 0 Å². The van der Waals surface area contributed by atoms with Crippen LogP contribution in [-0.4, -0.2) is 37.5 Å². The van der Waals surface area contributed by atoms with Gasteiger partial charge in [-0.05, 0) is 56.8 Å². The van der Waals surface area contributed by atoms with E-state index < -0.39 is 6.10 Å². The van der Waals surface area contributed by atoms with E-state index in [0.717, 1.165) is 43.9 Å². The highest BCUT2D eigenvalue weighted by Crippen LogP contribution is 2.19. The first-order chi connectivity index (χ1) is 10.1. The van der Waals surface area contributed by atoms with E-state index in [1.54, 1.807) is 0 Å². The smallest absolute Gasteiger partial charge is 0.119 e. The van der Waals surface area contributed by atoms with E-state index in [1.165, 1.54) is 0 Å². The lowest BCUT2D eigenvalue weighted by atomic mass is 10.0. The molecule has 0 radical (unpaired) electrons. The van der Waals surface area contributed by atoms with E-state index in [4.69, 9.17) is 9.47 Å². The molecular weight excluding hydrogens is 266 g/mol. The molecule has 0 saturated carbocycles. The molecule has 1 aromatic rings. The van der Waals surface area contributed by atoms with E-state index >= 15 is 0 Å². The number of rotatable bonds is 7. The fraction of sp³-hybridized carbons (Fsp3) is 0.647. The Morgan fingerprint density at radius 2 is 1.90 bits per heavy atom. The van der Waals surface area contributed by atoms with E-state index in [0.29, 0.717) is 12.5 Å². The van der Waals surface area contributed by atoms with Crippen molar-refractivity contribution in [2.75, 3.05) is 26.3 Å². The highest BCUT2D eigenvalue weighted by molar-refractivity contribution is 5.28. The Hall–Kier alpha value is -1.10. The van der Waals surface area contributed by atoms with Crippen LogP contribution in [0.1, 0.15) is 38.4 Å².